The first-order valence-corrected chi connectivity index (χ1v) is 11.9. The fourth-order valence-electron chi connectivity index (χ4n) is 4.39. The molecular weight excluding hydrogens is 432 g/mol. The molecule has 0 spiro atoms. The van der Waals surface area contributed by atoms with Crippen molar-refractivity contribution in [2.75, 3.05) is 46.0 Å². The summed E-state index contributed by atoms with van der Waals surface area (Å²) < 4.78 is 11.2. The minimum absolute atomic E-state index is 0.114. The summed E-state index contributed by atoms with van der Waals surface area (Å²) in [7, 11) is 0. The van der Waals surface area contributed by atoms with Crippen molar-refractivity contribution in [2.24, 2.45) is 0 Å². The molecule has 2 aromatic rings. The average Bonchev–Trinajstić information content (AvgIpc) is 3.12. The Bertz CT molecular complexity index is 1060. The number of morpholine rings is 1. The number of aryl methyl sites for hydroxylation is 1. The van der Waals surface area contributed by atoms with E-state index in [2.05, 4.69) is 4.90 Å². The van der Waals surface area contributed by atoms with Gasteiger partial charge in [-0.05, 0) is 31.0 Å². The van der Waals surface area contributed by atoms with Gasteiger partial charge in [0.05, 0.1) is 31.4 Å². The summed E-state index contributed by atoms with van der Waals surface area (Å²) >= 11 is 0. The predicted molar refractivity (Wildman–Crippen MR) is 130 cm³/mol. The molecule has 2 fully saturated rings. The lowest BCUT2D eigenvalue weighted by Crippen LogP contribution is -2.42. The van der Waals surface area contributed by atoms with E-state index < -0.39 is 17.7 Å². The van der Waals surface area contributed by atoms with Crippen LogP contribution in [0.15, 0.2) is 54.1 Å². The molecule has 7 nitrogen and oxygen atoms in total. The Labute approximate surface area is 200 Å². The third kappa shape index (κ3) is 5.16. The van der Waals surface area contributed by atoms with Crippen molar-refractivity contribution < 1.29 is 24.2 Å². The largest absolute Gasteiger partial charge is 0.507 e. The molecule has 0 bridgehead atoms. The Kier molecular flexibility index (Phi) is 7.65. The number of likely N-dealkylation sites (tertiary alicyclic amines) is 1. The highest BCUT2D eigenvalue weighted by molar-refractivity contribution is 6.46. The van der Waals surface area contributed by atoms with E-state index in [-0.39, 0.29) is 11.3 Å². The van der Waals surface area contributed by atoms with E-state index >= 15 is 0 Å². The monoisotopic (exact) mass is 464 g/mol. The van der Waals surface area contributed by atoms with Crippen LogP contribution >= 0.6 is 0 Å². The van der Waals surface area contributed by atoms with E-state index in [1.54, 1.807) is 17.0 Å². The second kappa shape index (κ2) is 10.8. The number of hydrogen-bond donors (Lipinski definition) is 1. The van der Waals surface area contributed by atoms with Gasteiger partial charge in [-0.3, -0.25) is 14.5 Å². The number of Topliss-reactive ketones (excluding diaryl/α,β-unsaturated/α-hetero) is 1. The highest BCUT2D eigenvalue weighted by Gasteiger charge is 2.46. The highest BCUT2D eigenvalue weighted by atomic mass is 16.5. The fraction of sp³-hybridized carbons (Fsp3) is 0.407. The molecule has 4 rings (SSSR count). The van der Waals surface area contributed by atoms with Crippen LogP contribution in [0.3, 0.4) is 0 Å². The molecule has 0 aliphatic carbocycles. The summed E-state index contributed by atoms with van der Waals surface area (Å²) in [5.74, 6) is -0.734. The molecule has 2 saturated heterocycles. The van der Waals surface area contributed by atoms with Crippen molar-refractivity contribution in [3.05, 3.63) is 70.8 Å². The van der Waals surface area contributed by atoms with Crippen LogP contribution < -0.4 is 4.74 Å². The zero-order chi connectivity index (χ0) is 24.1. The number of carbonyl (C=O) groups is 2. The molecule has 7 heteroatoms. The lowest BCUT2D eigenvalue weighted by molar-refractivity contribution is -0.140. The fourth-order valence-corrected chi connectivity index (χ4v) is 4.39. The quantitative estimate of drug-likeness (QED) is 0.366. The summed E-state index contributed by atoms with van der Waals surface area (Å²) in [4.78, 5) is 30.2. The van der Waals surface area contributed by atoms with Gasteiger partial charge in [0, 0.05) is 31.7 Å². The second-order valence-corrected chi connectivity index (χ2v) is 8.73. The number of ether oxygens (including phenoxy) is 2. The number of nitrogens with zero attached hydrogens (tertiary/aromatic N) is 2. The Morgan fingerprint density at radius 2 is 1.82 bits per heavy atom. The molecule has 2 aliphatic rings. The van der Waals surface area contributed by atoms with Gasteiger partial charge in [-0.2, -0.15) is 0 Å². The molecule has 0 radical (unpaired) electrons. The van der Waals surface area contributed by atoms with Gasteiger partial charge in [-0.25, -0.2) is 0 Å². The minimum Gasteiger partial charge on any atom is -0.507 e. The molecule has 1 atom stereocenters. The zero-order valence-electron chi connectivity index (χ0n) is 19.8. The van der Waals surface area contributed by atoms with Crippen molar-refractivity contribution >= 4 is 17.4 Å². The molecule has 0 saturated carbocycles. The SMILES string of the molecule is CCCOc1cccc([C@@H]2/C(=C(\O)c3ccc(C)cc3)C(=O)C(=O)N2CCN2CCOCC2)c1. The number of aliphatic hydroxyl groups excluding tert-OH is 1. The standard InChI is InChI=1S/C27H32N2O5/c1-3-15-34-22-6-4-5-21(18-22)24-23(25(30)20-9-7-19(2)8-10-20)26(31)27(32)29(24)12-11-28-13-16-33-17-14-28/h4-10,18,24,30H,3,11-17H2,1-2H3/b25-23+/t24-/m1/s1. The predicted octanol–water partition coefficient (Wildman–Crippen LogP) is 3.54. The van der Waals surface area contributed by atoms with Gasteiger partial charge in [0.15, 0.2) is 0 Å². The average molecular weight is 465 g/mol. The van der Waals surface area contributed by atoms with Crippen LogP contribution in [0.4, 0.5) is 0 Å². The normalized spacial score (nSPS) is 20.6. The van der Waals surface area contributed by atoms with Crippen molar-refractivity contribution in [1.82, 2.24) is 9.80 Å². The molecule has 180 valence electrons. The topological polar surface area (TPSA) is 79.3 Å². The number of amides is 1. The number of hydrogen-bond acceptors (Lipinski definition) is 6. The zero-order valence-corrected chi connectivity index (χ0v) is 19.8. The Morgan fingerprint density at radius 1 is 1.09 bits per heavy atom. The molecule has 0 aromatic heterocycles. The smallest absolute Gasteiger partial charge is 0.295 e. The van der Waals surface area contributed by atoms with Crippen LogP contribution in [0, 0.1) is 6.92 Å². The molecule has 0 unspecified atom stereocenters. The lowest BCUT2D eigenvalue weighted by Gasteiger charge is -2.31. The lowest BCUT2D eigenvalue weighted by atomic mass is 9.95. The molecule has 2 aliphatic heterocycles. The van der Waals surface area contributed by atoms with Gasteiger partial charge in [0.2, 0.25) is 0 Å². The minimum atomic E-state index is -0.687. The molecule has 34 heavy (non-hydrogen) atoms. The number of ketones is 1. The molecule has 1 amide bonds. The third-order valence-corrected chi connectivity index (χ3v) is 6.27. The summed E-state index contributed by atoms with van der Waals surface area (Å²) in [5, 5.41) is 11.2. The summed E-state index contributed by atoms with van der Waals surface area (Å²) in [6, 6.07) is 14.0. The summed E-state index contributed by atoms with van der Waals surface area (Å²) in [6.45, 7) is 8.46. The van der Waals surface area contributed by atoms with Crippen molar-refractivity contribution in [3.63, 3.8) is 0 Å². The first-order valence-electron chi connectivity index (χ1n) is 11.9. The van der Waals surface area contributed by atoms with E-state index in [0.29, 0.717) is 44.2 Å². The number of aliphatic hydroxyl groups is 1. The molecule has 2 aromatic carbocycles. The number of rotatable bonds is 8. The van der Waals surface area contributed by atoms with Crippen LogP contribution in [0.25, 0.3) is 5.76 Å². The van der Waals surface area contributed by atoms with Crippen LogP contribution in [-0.4, -0.2) is 72.6 Å². The Hall–Kier alpha value is -3.16. The van der Waals surface area contributed by atoms with Gasteiger partial charge in [0.1, 0.15) is 11.5 Å². The van der Waals surface area contributed by atoms with Crippen molar-refractivity contribution in [2.45, 2.75) is 26.3 Å². The van der Waals surface area contributed by atoms with E-state index in [1.165, 1.54) is 0 Å². The maximum Gasteiger partial charge on any atom is 0.295 e. The third-order valence-electron chi connectivity index (χ3n) is 6.27. The number of benzene rings is 2. The second-order valence-electron chi connectivity index (χ2n) is 8.73. The van der Waals surface area contributed by atoms with Crippen molar-refractivity contribution in [1.29, 1.82) is 0 Å². The number of carbonyl (C=O) groups excluding carboxylic acids is 2. The molecular formula is C27H32N2O5. The summed E-state index contributed by atoms with van der Waals surface area (Å²) in [5.41, 5.74) is 2.41. The van der Waals surface area contributed by atoms with Crippen molar-refractivity contribution in [3.8, 4) is 5.75 Å². The highest BCUT2D eigenvalue weighted by Crippen LogP contribution is 2.40. The van der Waals surface area contributed by atoms with Crippen LogP contribution in [0.2, 0.25) is 0 Å². The van der Waals surface area contributed by atoms with E-state index in [0.717, 1.165) is 30.6 Å². The van der Waals surface area contributed by atoms with Crippen LogP contribution in [-0.2, 0) is 14.3 Å². The van der Waals surface area contributed by atoms with Gasteiger partial charge < -0.3 is 19.5 Å². The Balaban J connectivity index is 1.73. The van der Waals surface area contributed by atoms with Gasteiger partial charge in [-0.15, -0.1) is 0 Å². The van der Waals surface area contributed by atoms with Gasteiger partial charge >= 0.3 is 0 Å². The Morgan fingerprint density at radius 3 is 2.53 bits per heavy atom. The van der Waals surface area contributed by atoms with E-state index in [1.807, 2.05) is 50.2 Å². The van der Waals surface area contributed by atoms with Crippen LogP contribution in [0.1, 0.15) is 36.1 Å². The van der Waals surface area contributed by atoms with E-state index in [9.17, 15) is 14.7 Å². The van der Waals surface area contributed by atoms with Gasteiger partial charge in [-0.1, -0.05) is 48.9 Å². The molecule has 1 N–H and O–H groups in total. The van der Waals surface area contributed by atoms with Gasteiger partial charge in [0.25, 0.3) is 11.7 Å². The maximum atomic E-state index is 13.2. The maximum absolute atomic E-state index is 13.2. The first kappa shape index (κ1) is 24.0. The van der Waals surface area contributed by atoms with Crippen LogP contribution in [0.5, 0.6) is 5.75 Å². The van der Waals surface area contributed by atoms with E-state index in [4.69, 9.17) is 9.47 Å². The molecule has 2 heterocycles. The summed E-state index contributed by atoms with van der Waals surface area (Å²) in [6.07, 6.45) is 0.871. The first-order chi connectivity index (χ1) is 16.5.